The van der Waals surface area contributed by atoms with Crippen LogP contribution in [-0.4, -0.2) is 24.8 Å². The molecule has 3 aromatic carbocycles. The molecule has 0 saturated heterocycles. The maximum Gasteiger partial charge on any atom is 0.257 e. The van der Waals surface area contributed by atoms with E-state index >= 15 is 0 Å². The molecule has 1 saturated carbocycles. The Balaban J connectivity index is 1.31. The SMILES string of the molecule is Cc1cc(NC(=O)Cc2ccc(C(C)S(=O)[O-])cc2)cc(C)c1C1(c2noc(-c3ccc(C#N)cc3)n2)CC1. The smallest absolute Gasteiger partial charge is 0.257 e. The van der Waals surface area contributed by atoms with Crippen LogP contribution in [0.5, 0.6) is 0 Å². The second-order valence-electron chi connectivity index (χ2n) is 10.0. The number of hydrogen-bond donors (Lipinski definition) is 1. The number of rotatable bonds is 8. The normalized spacial score (nSPS) is 15.3. The molecule has 1 N–H and O–H groups in total. The van der Waals surface area contributed by atoms with Crippen LogP contribution in [0.4, 0.5) is 5.69 Å². The molecule has 198 valence electrons. The number of aromatic nitrogens is 2. The molecular formula is C30H27N4O4S-. The molecule has 1 aromatic heterocycles. The van der Waals surface area contributed by atoms with Gasteiger partial charge >= 0.3 is 0 Å². The van der Waals surface area contributed by atoms with Crippen LogP contribution in [0.3, 0.4) is 0 Å². The van der Waals surface area contributed by atoms with Crippen molar-refractivity contribution in [3.05, 3.63) is 99.9 Å². The number of nitrogens with one attached hydrogen (secondary N) is 1. The zero-order chi connectivity index (χ0) is 27.7. The molecule has 4 aromatic rings. The predicted molar refractivity (Wildman–Crippen MR) is 146 cm³/mol. The summed E-state index contributed by atoms with van der Waals surface area (Å²) in [6.45, 7) is 5.68. The lowest BCUT2D eigenvalue weighted by atomic mass is 9.87. The third kappa shape index (κ3) is 5.39. The fourth-order valence-electron chi connectivity index (χ4n) is 5.13. The van der Waals surface area contributed by atoms with Gasteiger partial charge in [0.25, 0.3) is 5.89 Å². The number of anilines is 1. The Morgan fingerprint density at radius 2 is 1.77 bits per heavy atom. The van der Waals surface area contributed by atoms with Gasteiger partial charge in [0, 0.05) is 16.5 Å². The molecule has 1 fully saturated rings. The highest BCUT2D eigenvalue weighted by molar-refractivity contribution is 7.79. The van der Waals surface area contributed by atoms with Crippen LogP contribution in [0.2, 0.25) is 0 Å². The minimum atomic E-state index is -2.19. The van der Waals surface area contributed by atoms with Crippen LogP contribution in [-0.2, 0) is 27.7 Å². The predicted octanol–water partition coefficient (Wildman–Crippen LogP) is 5.43. The maximum absolute atomic E-state index is 12.8. The van der Waals surface area contributed by atoms with E-state index in [0.29, 0.717) is 28.5 Å². The van der Waals surface area contributed by atoms with Crippen molar-refractivity contribution in [1.29, 1.82) is 5.26 Å². The largest absolute Gasteiger partial charge is 0.772 e. The summed E-state index contributed by atoms with van der Waals surface area (Å²) < 4.78 is 28.0. The second kappa shape index (κ2) is 10.6. The fraction of sp³-hybridized carbons (Fsp3) is 0.267. The quantitative estimate of drug-likeness (QED) is 0.295. The van der Waals surface area contributed by atoms with Gasteiger partial charge < -0.3 is 14.4 Å². The Morgan fingerprint density at radius 1 is 1.13 bits per heavy atom. The van der Waals surface area contributed by atoms with Gasteiger partial charge in [-0.1, -0.05) is 29.4 Å². The summed E-state index contributed by atoms with van der Waals surface area (Å²) >= 11 is -2.19. The van der Waals surface area contributed by atoms with Crippen molar-refractivity contribution >= 4 is 22.7 Å². The zero-order valence-electron chi connectivity index (χ0n) is 21.9. The molecule has 2 unspecified atom stereocenters. The van der Waals surface area contributed by atoms with E-state index in [1.165, 1.54) is 0 Å². The monoisotopic (exact) mass is 539 g/mol. The van der Waals surface area contributed by atoms with Crippen LogP contribution >= 0.6 is 0 Å². The van der Waals surface area contributed by atoms with Crippen molar-refractivity contribution < 1.29 is 18.1 Å². The van der Waals surface area contributed by atoms with Gasteiger partial charge in [-0.3, -0.25) is 9.00 Å². The van der Waals surface area contributed by atoms with Crippen LogP contribution in [0, 0.1) is 25.2 Å². The topological polar surface area (TPSA) is 132 Å². The first-order valence-corrected chi connectivity index (χ1v) is 13.8. The average molecular weight is 540 g/mol. The van der Waals surface area contributed by atoms with Crippen LogP contribution in [0.1, 0.15) is 64.2 Å². The molecule has 1 heterocycles. The Hall–Kier alpha value is -4.13. The van der Waals surface area contributed by atoms with Crippen molar-refractivity contribution in [2.24, 2.45) is 0 Å². The minimum Gasteiger partial charge on any atom is -0.772 e. The van der Waals surface area contributed by atoms with Crippen LogP contribution in [0.25, 0.3) is 11.5 Å². The Morgan fingerprint density at radius 3 is 2.33 bits per heavy atom. The van der Waals surface area contributed by atoms with Gasteiger partial charge in [0.1, 0.15) is 0 Å². The number of nitrogens with zero attached hydrogens (tertiary/aromatic N) is 3. The van der Waals surface area contributed by atoms with E-state index in [2.05, 4.69) is 16.5 Å². The molecule has 39 heavy (non-hydrogen) atoms. The summed E-state index contributed by atoms with van der Waals surface area (Å²) in [6, 6.07) is 20.1. The van der Waals surface area contributed by atoms with Crippen molar-refractivity contribution in [1.82, 2.24) is 10.1 Å². The molecular weight excluding hydrogens is 512 g/mol. The number of carbonyl (C=O) groups excluding carboxylic acids is 1. The van der Waals surface area contributed by atoms with Crippen molar-refractivity contribution in [2.75, 3.05) is 5.32 Å². The molecule has 1 aliphatic rings. The third-order valence-electron chi connectivity index (χ3n) is 7.26. The molecule has 1 amide bonds. The zero-order valence-corrected chi connectivity index (χ0v) is 22.7. The molecule has 5 rings (SSSR count). The molecule has 1 aliphatic carbocycles. The number of benzene rings is 3. The molecule has 2 atom stereocenters. The first-order chi connectivity index (χ1) is 18.7. The lowest BCUT2D eigenvalue weighted by Crippen LogP contribution is -2.17. The van der Waals surface area contributed by atoms with Gasteiger partial charge in [-0.25, -0.2) is 0 Å². The van der Waals surface area contributed by atoms with Gasteiger partial charge in [0.15, 0.2) is 5.82 Å². The number of nitriles is 1. The standard InChI is InChI=1S/C30H28N4O4S/c1-18-14-25(32-26(35)16-21-4-8-23(9-5-21)20(3)39(36)37)15-19(2)27(18)30(12-13-30)29-33-28(38-34-29)24-10-6-22(17-31)7-11-24/h4-11,14-15,20H,12-13,16H2,1-3H3,(H,32,35)(H,36,37)/p-1. The minimum absolute atomic E-state index is 0.152. The highest BCUT2D eigenvalue weighted by atomic mass is 32.2. The second-order valence-corrected chi connectivity index (χ2v) is 11.3. The van der Waals surface area contributed by atoms with Crippen molar-refractivity contribution in [3.8, 4) is 17.5 Å². The number of amides is 1. The van der Waals surface area contributed by atoms with E-state index in [-0.39, 0.29) is 17.7 Å². The van der Waals surface area contributed by atoms with E-state index in [1.807, 2.05) is 26.0 Å². The lowest BCUT2D eigenvalue weighted by molar-refractivity contribution is -0.115. The van der Waals surface area contributed by atoms with E-state index in [0.717, 1.165) is 40.7 Å². The summed E-state index contributed by atoms with van der Waals surface area (Å²) in [4.78, 5) is 17.5. The van der Waals surface area contributed by atoms with E-state index < -0.39 is 16.3 Å². The lowest BCUT2D eigenvalue weighted by Gasteiger charge is -2.19. The Kier molecular flexibility index (Phi) is 7.17. The number of hydrogen-bond acceptors (Lipinski definition) is 7. The molecule has 0 spiro atoms. The maximum atomic E-state index is 12.8. The first kappa shape index (κ1) is 26.5. The van der Waals surface area contributed by atoms with E-state index in [9.17, 15) is 13.6 Å². The highest BCUT2D eigenvalue weighted by Gasteiger charge is 2.51. The third-order valence-corrected chi connectivity index (χ3v) is 8.11. The summed E-state index contributed by atoms with van der Waals surface area (Å²) in [5, 5.41) is 15.7. The van der Waals surface area contributed by atoms with Crippen molar-refractivity contribution in [2.45, 2.75) is 50.7 Å². The van der Waals surface area contributed by atoms with Gasteiger partial charge in [0.05, 0.1) is 23.5 Å². The summed E-state index contributed by atoms with van der Waals surface area (Å²) in [5.41, 5.74) is 6.44. The molecule has 9 heteroatoms. The molecule has 0 radical (unpaired) electrons. The number of aryl methyl sites for hydroxylation is 2. The summed E-state index contributed by atoms with van der Waals surface area (Å²) in [6.07, 6.45) is 1.99. The van der Waals surface area contributed by atoms with Crippen molar-refractivity contribution in [3.63, 3.8) is 0 Å². The van der Waals surface area contributed by atoms with Crippen LogP contribution in [0.15, 0.2) is 65.2 Å². The Bertz CT molecular complexity index is 1580. The van der Waals surface area contributed by atoms with Gasteiger partial charge in [0.2, 0.25) is 5.91 Å². The summed E-state index contributed by atoms with van der Waals surface area (Å²) in [5.74, 6) is 0.910. The van der Waals surface area contributed by atoms with Gasteiger partial charge in [-0.05, 0) is 109 Å². The molecule has 8 nitrogen and oxygen atoms in total. The first-order valence-electron chi connectivity index (χ1n) is 12.6. The highest BCUT2D eigenvalue weighted by Crippen LogP contribution is 2.54. The average Bonchev–Trinajstić information content (AvgIpc) is 3.54. The molecule has 0 bridgehead atoms. The fourth-order valence-corrected chi connectivity index (χ4v) is 5.51. The van der Waals surface area contributed by atoms with Gasteiger partial charge in [-0.15, -0.1) is 0 Å². The summed E-state index contributed by atoms with van der Waals surface area (Å²) in [7, 11) is 0. The molecule has 0 aliphatic heterocycles. The van der Waals surface area contributed by atoms with Crippen LogP contribution < -0.4 is 5.32 Å². The van der Waals surface area contributed by atoms with E-state index in [1.54, 1.807) is 55.5 Å². The van der Waals surface area contributed by atoms with E-state index in [4.69, 9.17) is 14.8 Å². The van der Waals surface area contributed by atoms with Gasteiger partial charge in [-0.2, -0.15) is 10.2 Å². The Labute approximate surface area is 229 Å². The number of carbonyl (C=O) groups is 1.